The third kappa shape index (κ3) is 1.95. The van der Waals surface area contributed by atoms with Crippen LogP contribution in [-0.4, -0.2) is 11.3 Å². The Bertz CT molecular complexity index is 1030. The van der Waals surface area contributed by atoms with Gasteiger partial charge in [0.25, 0.3) is 0 Å². The van der Waals surface area contributed by atoms with Crippen molar-refractivity contribution in [2.45, 2.75) is 0 Å². The van der Waals surface area contributed by atoms with Gasteiger partial charge in [0.2, 0.25) is 0 Å². The summed E-state index contributed by atoms with van der Waals surface area (Å²) in [5.41, 5.74) is 0. The van der Waals surface area contributed by atoms with Gasteiger partial charge in [0.05, 0.1) is 0 Å². The first-order valence-electron chi connectivity index (χ1n) is 6.97. The molecule has 4 rings (SSSR count). The normalized spacial score (nSPS) is 11.1. The minimum Gasteiger partial charge on any atom is -0.449 e. The third-order valence-electron chi connectivity index (χ3n) is 3.89. The average Bonchev–Trinajstić information content (AvgIpc) is 2.52. The summed E-state index contributed by atoms with van der Waals surface area (Å²) in [4.78, 5) is 10.9. The summed E-state index contributed by atoms with van der Waals surface area (Å²) in [6.07, 6.45) is -1.30. The number of ether oxygens (including phenoxy) is 1. The lowest BCUT2D eigenvalue weighted by atomic mass is 9.98. The summed E-state index contributed by atoms with van der Waals surface area (Å²) in [5, 5.41) is 15.1. The molecule has 0 aliphatic rings. The molecule has 0 aliphatic heterocycles. The monoisotopic (exact) mass is 288 g/mol. The molecular weight excluding hydrogens is 276 g/mol. The summed E-state index contributed by atoms with van der Waals surface area (Å²) < 4.78 is 4.96. The molecule has 106 valence electrons. The molecule has 0 bridgehead atoms. The Hall–Kier alpha value is -3.07. The van der Waals surface area contributed by atoms with Crippen molar-refractivity contribution < 1.29 is 14.6 Å². The van der Waals surface area contributed by atoms with Gasteiger partial charge in [0.1, 0.15) is 5.75 Å². The summed E-state index contributed by atoms with van der Waals surface area (Å²) in [5.74, 6) is 0.367. The molecule has 3 nitrogen and oxygen atoms in total. The van der Waals surface area contributed by atoms with E-state index in [1.54, 1.807) is 12.1 Å². The summed E-state index contributed by atoms with van der Waals surface area (Å²) in [7, 11) is 0. The van der Waals surface area contributed by atoms with E-state index >= 15 is 0 Å². The van der Waals surface area contributed by atoms with Crippen LogP contribution < -0.4 is 4.74 Å². The summed E-state index contributed by atoms with van der Waals surface area (Å²) in [6, 6.07) is 21.8. The highest BCUT2D eigenvalue weighted by atomic mass is 16.7. The van der Waals surface area contributed by atoms with Crippen LogP contribution in [0, 0.1) is 0 Å². The van der Waals surface area contributed by atoms with E-state index in [4.69, 9.17) is 9.84 Å². The molecule has 0 amide bonds. The van der Waals surface area contributed by atoms with E-state index in [0.717, 1.165) is 32.3 Å². The van der Waals surface area contributed by atoms with E-state index in [-0.39, 0.29) is 0 Å². The zero-order chi connectivity index (χ0) is 15.1. The Morgan fingerprint density at radius 3 is 2.23 bits per heavy atom. The summed E-state index contributed by atoms with van der Waals surface area (Å²) >= 11 is 0. The molecule has 0 saturated carbocycles. The molecule has 0 saturated heterocycles. The molecule has 0 aromatic heterocycles. The van der Waals surface area contributed by atoms with Gasteiger partial charge in [0, 0.05) is 5.39 Å². The predicted octanol–water partition coefficient (Wildman–Crippen LogP) is 5.20. The zero-order valence-corrected chi connectivity index (χ0v) is 11.6. The van der Waals surface area contributed by atoms with Crippen LogP contribution in [0.15, 0.2) is 66.7 Å². The Morgan fingerprint density at radius 1 is 0.773 bits per heavy atom. The fourth-order valence-electron chi connectivity index (χ4n) is 2.95. The van der Waals surface area contributed by atoms with Crippen molar-refractivity contribution in [2.24, 2.45) is 0 Å². The van der Waals surface area contributed by atoms with Crippen molar-refractivity contribution in [3.63, 3.8) is 0 Å². The van der Waals surface area contributed by atoms with Crippen molar-refractivity contribution in [2.75, 3.05) is 0 Å². The number of hydrogen-bond donors (Lipinski definition) is 1. The van der Waals surface area contributed by atoms with Crippen LogP contribution in [0.4, 0.5) is 4.79 Å². The van der Waals surface area contributed by atoms with Crippen LogP contribution in [-0.2, 0) is 0 Å². The molecule has 0 radical (unpaired) electrons. The average molecular weight is 288 g/mol. The molecular formula is C19H12O3. The SMILES string of the molecule is O=C(O)Oc1cccc2ccc3cc4ccccc4cc3c12. The minimum atomic E-state index is -1.30. The van der Waals surface area contributed by atoms with Crippen molar-refractivity contribution in [1.82, 2.24) is 0 Å². The standard InChI is InChI=1S/C19H12O3/c20-19(21)22-17-7-3-6-12-8-9-15-10-13-4-1-2-5-14(13)11-16(15)18(12)17/h1-11H,(H,20,21). The van der Waals surface area contributed by atoms with E-state index in [2.05, 4.69) is 24.3 Å². The van der Waals surface area contributed by atoms with Crippen LogP contribution >= 0.6 is 0 Å². The number of benzene rings is 4. The Labute approximate surface area is 126 Å². The maximum absolute atomic E-state index is 10.9. The second-order valence-corrected chi connectivity index (χ2v) is 5.21. The van der Waals surface area contributed by atoms with E-state index in [1.165, 1.54) is 0 Å². The maximum atomic E-state index is 10.9. The molecule has 3 heteroatoms. The number of carboxylic acid groups (broad SMARTS) is 1. The van der Waals surface area contributed by atoms with Gasteiger partial charge in [-0.1, -0.05) is 48.5 Å². The highest BCUT2D eigenvalue weighted by Gasteiger charge is 2.10. The van der Waals surface area contributed by atoms with E-state index in [0.29, 0.717) is 5.75 Å². The van der Waals surface area contributed by atoms with Crippen LogP contribution in [0.2, 0.25) is 0 Å². The third-order valence-corrected chi connectivity index (χ3v) is 3.89. The van der Waals surface area contributed by atoms with Gasteiger partial charge in [-0.25, -0.2) is 4.79 Å². The first-order chi connectivity index (χ1) is 10.7. The molecule has 0 unspecified atom stereocenters. The maximum Gasteiger partial charge on any atom is 0.511 e. The quantitative estimate of drug-likeness (QED) is 0.226. The van der Waals surface area contributed by atoms with E-state index in [9.17, 15) is 4.79 Å². The Kier molecular flexibility index (Phi) is 2.73. The number of rotatable bonds is 1. The molecule has 0 atom stereocenters. The second-order valence-electron chi connectivity index (χ2n) is 5.21. The van der Waals surface area contributed by atoms with Gasteiger partial charge in [-0.3, -0.25) is 0 Å². The van der Waals surface area contributed by atoms with Gasteiger partial charge in [-0.2, -0.15) is 0 Å². The zero-order valence-electron chi connectivity index (χ0n) is 11.6. The molecule has 0 heterocycles. The van der Waals surface area contributed by atoms with Crippen molar-refractivity contribution in [1.29, 1.82) is 0 Å². The predicted molar refractivity (Wildman–Crippen MR) is 87.6 cm³/mol. The highest BCUT2D eigenvalue weighted by molar-refractivity contribution is 6.14. The van der Waals surface area contributed by atoms with Crippen LogP contribution in [0.25, 0.3) is 32.3 Å². The first-order valence-corrected chi connectivity index (χ1v) is 6.97. The number of fused-ring (bicyclic) bond motifs is 4. The van der Waals surface area contributed by atoms with E-state index < -0.39 is 6.16 Å². The van der Waals surface area contributed by atoms with Crippen molar-refractivity contribution in [3.05, 3.63) is 66.7 Å². The van der Waals surface area contributed by atoms with Gasteiger partial charge >= 0.3 is 6.16 Å². The number of hydrogen-bond acceptors (Lipinski definition) is 2. The smallest absolute Gasteiger partial charge is 0.449 e. The molecule has 1 N–H and O–H groups in total. The molecule has 22 heavy (non-hydrogen) atoms. The lowest BCUT2D eigenvalue weighted by molar-refractivity contribution is 0.145. The molecule has 4 aromatic carbocycles. The van der Waals surface area contributed by atoms with Crippen LogP contribution in [0.3, 0.4) is 0 Å². The van der Waals surface area contributed by atoms with Gasteiger partial charge < -0.3 is 9.84 Å². The van der Waals surface area contributed by atoms with Crippen molar-refractivity contribution in [3.8, 4) is 5.75 Å². The molecule has 4 aromatic rings. The number of carbonyl (C=O) groups is 1. The minimum absolute atomic E-state index is 0.367. The fraction of sp³-hybridized carbons (Fsp3) is 0. The molecule has 0 spiro atoms. The van der Waals surface area contributed by atoms with E-state index in [1.807, 2.05) is 30.3 Å². The lowest BCUT2D eigenvalue weighted by Gasteiger charge is -2.10. The van der Waals surface area contributed by atoms with Gasteiger partial charge in [-0.05, 0) is 45.1 Å². The van der Waals surface area contributed by atoms with Crippen LogP contribution in [0.1, 0.15) is 0 Å². The highest BCUT2D eigenvalue weighted by Crippen LogP contribution is 2.35. The second kappa shape index (κ2) is 4.74. The molecule has 0 aliphatic carbocycles. The summed E-state index contributed by atoms with van der Waals surface area (Å²) in [6.45, 7) is 0. The largest absolute Gasteiger partial charge is 0.511 e. The van der Waals surface area contributed by atoms with Gasteiger partial charge in [0.15, 0.2) is 0 Å². The fourth-order valence-corrected chi connectivity index (χ4v) is 2.95. The first kappa shape index (κ1) is 12.7. The Balaban J connectivity index is 2.16. The topological polar surface area (TPSA) is 46.5 Å². The molecule has 0 fully saturated rings. The van der Waals surface area contributed by atoms with Crippen molar-refractivity contribution >= 4 is 38.5 Å². The lowest BCUT2D eigenvalue weighted by Crippen LogP contribution is -2.03. The van der Waals surface area contributed by atoms with Crippen LogP contribution in [0.5, 0.6) is 5.75 Å². The van der Waals surface area contributed by atoms with Gasteiger partial charge in [-0.15, -0.1) is 0 Å². The Morgan fingerprint density at radius 2 is 1.45 bits per heavy atom.